The van der Waals surface area contributed by atoms with Gasteiger partial charge in [-0.2, -0.15) is 4.98 Å². The zero-order valence-corrected chi connectivity index (χ0v) is 11.4. The van der Waals surface area contributed by atoms with Crippen molar-refractivity contribution in [1.82, 2.24) is 9.97 Å². The summed E-state index contributed by atoms with van der Waals surface area (Å²) in [5.74, 6) is 2.18. The highest BCUT2D eigenvalue weighted by molar-refractivity contribution is 9.10. The fourth-order valence-corrected chi connectivity index (χ4v) is 3.65. The van der Waals surface area contributed by atoms with E-state index < -0.39 is 0 Å². The topological polar surface area (TPSA) is 55.0 Å². The largest absolute Gasteiger partial charge is 0.383 e. The molecule has 5 heteroatoms. The summed E-state index contributed by atoms with van der Waals surface area (Å²) < 4.78 is 0.778. The number of nitrogens with zero attached hydrogens (tertiary/aromatic N) is 3. The van der Waals surface area contributed by atoms with Gasteiger partial charge in [0.25, 0.3) is 0 Å². The second-order valence-corrected chi connectivity index (χ2v) is 5.82. The number of nitrogens with two attached hydrogens (primary N) is 1. The molecule has 92 valence electrons. The standard InChI is InChI=1S/C12H17BrN4/c13-10-7-11(14)16-12(15-10)17-6-2-4-8-3-1-5-9(8)17/h7-9H,1-6H2,(H2,14,15,16). The van der Waals surface area contributed by atoms with Crippen LogP contribution in [0.3, 0.4) is 0 Å². The Hall–Kier alpha value is -0.840. The molecule has 17 heavy (non-hydrogen) atoms. The molecule has 2 unspecified atom stereocenters. The third kappa shape index (κ3) is 2.12. The summed E-state index contributed by atoms with van der Waals surface area (Å²) in [4.78, 5) is 11.2. The van der Waals surface area contributed by atoms with Gasteiger partial charge in [-0.3, -0.25) is 0 Å². The lowest BCUT2D eigenvalue weighted by atomic mass is 9.92. The van der Waals surface area contributed by atoms with E-state index in [9.17, 15) is 0 Å². The monoisotopic (exact) mass is 296 g/mol. The molecule has 1 saturated carbocycles. The minimum atomic E-state index is 0.544. The van der Waals surface area contributed by atoms with Crippen LogP contribution in [0.15, 0.2) is 10.7 Å². The zero-order chi connectivity index (χ0) is 11.8. The summed E-state index contributed by atoms with van der Waals surface area (Å²) >= 11 is 3.39. The highest BCUT2D eigenvalue weighted by Crippen LogP contribution is 2.38. The lowest BCUT2D eigenvalue weighted by Gasteiger charge is -2.37. The van der Waals surface area contributed by atoms with Crippen molar-refractivity contribution in [3.8, 4) is 0 Å². The maximum Gasteiger partial charge on any atom is 0.228 e. The molecule has 0 aromatic carbocycles. The lowest BCUT2D eigenvalue weighted by molar-refractivity contribution is 0.358. The molecular weight excluding hydrogens is 280 g/mol. The van der Waals surface area contributed by atoms with Crippen LogP contribution in [0.25, 0.3) is 0 Å². The van der Waals surface area contributed by atoms with Crippen LogP contribution in [0.2, 0.25) is 0 Å². The number of anilines is 2. The Morgan fingerprint density at radius 3 is 2.88 bits per heavy atom. The van der Waals surface area contributed by atoms with Crippen molar-refractivity contribution in [3.63, 3.8) is 0 Å². The van der Waals surface area contributed by atoms with Gasteiger partial charge < -0.3 is 10.6 Å². The van der Waals surface area contributed by atoms with Crippen LogP contribution in [0, 0.1) is 5.92 Å². The molecule has 0 radical (unpaired) electrons. The van der Waals surface area contributed by atoms with E-state index in [0.29, 0.717) is 11.9 Å². The first kappa shape index (κ1) is 11.3. The Bertz CT molecular complexity index is 403. The molecule has 2 fully saturated rings. The second-order valence-electron chi connectivity index (χ2n) is 5.01. The molecule has 1 aromatic rings. The van der Waals surface area contributed by atoms with Gasteiger partial charge in [0.05, 0.1) is 0 Å². The SMILES string of the molecule is Nc1cc(Br)nc(N2CCCC3CCCC32)n1. The van der Waals surface area contributed by atoms with E-state index in [4.69, 9.17) is 5.73 Å². The number of fused-ring (bicyclic) bond motifs is 1. The van der Waals surface area contributed by atoms with E-state index in [-0.39, 0.29) is 0 Å². The van der Waals surface area contributed by atoms with Gasteiger partial charge >= 0.3 is 0 Å². The molecule has 1 aromatic heterocycles. The van der Waals surface area contributed by atoms with Crippen molar-refractivity contribution in [2.24, 2.45) is 5.92 Å². The predicted octanol–water partition coefficient (Wildman–Crippen LogP) is 2.59. The van der Waals surface area contributed by atoms with Gasteiger partial charge in [0.15, 0.2) is 0 Å². The molecule has 4 nitrogen and oxygen atoms in total. The van der Waals surface area contributed by atoms with Gasteiger partial charge in [0.1, 0.15) is 10.4 Å². The average molecular weight is 297 g/mol. The first-order valence-corrected chi connectivity index (χ1v) is 7.10. The number of rotatable bonds is 1. The highest BCUT2D eigenvalue weighted by atomic mass is 79.9. The number of piperidine rings is 1. The average Bonchev–Trinajstić information content (AvgIpc) is 2.75. The highest BCUT2D eigenvalue weighted by Gasteiger charge is 2.36. The smallest absolute Gasteiger partial charge is 0.228 e. The Kier molecular flexibility index (Phi) is 2.94. The molecule has 2 aliphatic rings. The van der Waals surface area contributed by atoms with E-state index >= 15 is 0 Å². The second kappa shape index (κ2) is 4.44. The molecule has 0 spiro atoms. The number of halogens is 1. The molecule has 2 atom stereocenters. The van der Waals surface area contributed by atoms with Crippen LogP contribution >= 0.6 is 15.9 Å². The van der Waals surface area contributed by atoms with Gasteiger partial charge in [0.2, 0.25) is 5.95 Å². The molecule has 3 rings (SSSR count). The third-order valence-corrected chi connectivity index (χ3v) is 4.36. The van der Waals surface area contributed by atoms with Crippen molar-refractivity contribution in [3.05, 3.63) is 10.7 Å². The Labute approximate surface area is 110 Å². The number of hydrogen-bond acceptors (Lipinski definition) is 4. The Morgan fingerprint density at radius 2 is 2.06 bits per heavy atom. The summed E-state index contributed by atoms with van der Waals surface area (Å²) in [6, 6.07) is 2.39. The van der Waals surface area contributed by atoms with Gasteiger partial charge in [-0.1, -0.05) is 6.42 Å². The van der Waals surface area contributed by atoms with E-state index in [0.717, 1.165) is 23.0 Å². The van der Waals surface area contributed by atoms with Crippen LogP contribution in [0.5, 0.6) is 0 Å². The summed E-state index contributed by atoms with van der Waals surface area (Å²) in [7, 11) is 0. The van der Waals surface area contributed by atoms with Crippen LogP contribution < -0.4 is 10.6 Å². The van der Waals surface area contributed by atoms with Crippen molar-refractivity contribution in [1.29, 1.82) is 0 Å². The minimum absolute atomic E-state index is 0.544. The molecule has 0 bridgehead atoms. The van der Waals surface area contributed by atoms with Crippen LogP contribution in [0.1, 0.15) is 32.1 Å². The maximum atomic E-state index is 5.80. The Balaban J connectivity index is 1.91. The zero-order valence-electron chi connectivity index (χ0n) is 9.77. The van der Waals surface area contributed by atoms with E-state index in [1.54, 1.807) is 6.07 Å². The summed E-state index contributed by atoms with van der Waals surface area (Å²) in [6.45, 7) is 1.07. The summed E-state index contributed by atoms with van der Waals surface area (Å²) in [5.41, 5.74) is 5.80. The van der Waals surface area contributed by atoms with Crippen LogP contribution in [0.4, 0.5) is 11.8 Å². The quantitative estimate of drug-likeness (QED) is 0.810. The molecule has 1 saturated heterocycles. The van der Waals surface area contributed by atoms with E-state index in [1.807, 2.05) is 0 Å². The summed E-state index contributed by atoms with van der Waals surface area (Å²) in [6.07, 6.45) is 6.60. The van der Waals surface area contributed by atoms with Gasteiger partial charge in [-0.15, -0.1) is 0 Å². The number of hydrogen-bond donors (Lipinski definition) is 1. The van der Waals surface area contributed by atoms with Crippen LogP contribution in [-0.4, -0.2) is 22.6 Å². The molecule has 1 aliphatic carbocycles. The fraction of sp³-hybridized carbons (Fsp3) is 0.667. The third-order valence-electron chi connectivity index (χ3n) is 3.95. The van der Waals surface area contributed by atoms with Gasteiger partial charge in [-0.25, -0.2) is 4.98 Å². The predicted molar refractivity (Wildman–Crippen MR) is 71.9 cm³/mol. The molecule has 0 amide bonds. The molecule has 1 aliphatic heterocycles. The minimum Gasteiger partial charge on any atom is -0.383 e. The number of aromatic nitrogens is 2. The van der Waals surface area contributed by atoms with Crippen molar-refractivity contribution in [2.45, 2.75) is 38.1 Å². The summed E-state index contributed by atoms with van der Waals surface area (Å²) in [5, 5.41) is 0. The lowest BCUT2D eigenvalue weighted by Crippen LogP contribution is -2.43. The van der Waals surface area contributed by atoms with Crippen molar-refractivity contribution < 1.29 is 0 Å². The van der Waals surface area contributed by atoms with Gasteiger partial charge in [0, 0.05) is 18.7 Å². The molecule has 2 heterocycles. The number of nitrogen functional groups attached to an aromatic ring is 1. The first-order valence-electron chi connectivity index (χ1n) is 6.31. The molecule has 2 N–H and O–H groups in total. The maximum absolute atomic E-state index is 5.80. The van der Waals surface area contributed by atoms with E-state index in [1.165, 1.54) is 32.1 Å². The van der Waals surface area contributed by atoms with E-state index in [2.05, 4.69) is 30.8 Å². The molecular formula is C12H17BrN4. The Morgan fingerprint density at radius 1 is 1.24 bits per heavy atom. The van der Waals surface area contributed by atoms with Crippen molar-refractivity contribution >= 4 is 27.7 Å². The fourth-order valence-electron chi connectivity index (χ4n) is 3.25. The van der Waals surface area contributed by atoms with Crippen molar-refractivity contribution in [2.75, 3.05) is 17.2 Å². The van der Waals surface area contributed by atoms with Gasteiger partial charge in [-0.05, 0) is 47.5 Å². The normalized spacial score (nSPS) is 28.2. The first-order chi connectivity index (χ1) is 8.24. The van der Waals surface area contributed by atoms with Crippen LogP contribution in [-0.2, 0) is 0 Å².